The monoisotopic (exact) mass is 510 g/mol. The number of fused-ring (bicyclic) bond motifs is 1. The zero-order valence-corrected chi connectivity index (χ0v) is 23.0. The maximum atomic E-state index is 13.2. The maximum absolute atomic E-state index is 13.2. The smallest absolute Gasteiger partial charge is 0.226 e. The summed E-state index contributed by atoms with van der Waals surface area (Å²) in [5.41, 5.74) is 2.35. The molecule has 2 aromatic rings. The highest BCUT2D eigenvalue weighted by Gasteiger charge is 2.33. The number of hydrogen-bond acceptors (Lipinski definition) is 6. The summed E-state index contributed by atoms with van der Waals surface area (Å²) >= 11 is 0. The Morgan fingerprint density at radius 3 is 2.59 bits per heavy atom. The Hall–Kier alpha value is -2.19. The maximum Gasteiger partial charge on any atom is 0.226 e. The minimum atomic E-state index is -0.176. The van der Waals surface area contributed by atoms with E-state index in [-0.39, 0.29) is 12.0 Å². The highest BCUT2D eigenvalue weighted by molar-refractivity contribution is 5.82. The highest BCUT2D eigenvalue weighted by Crippen LogP contribution is 2.38. The summed E-state index contributed by atoms with van der Waals surface area (Å²) in [5.74, 6) is 1.63. The van der Waals surface area contributed by atoms with Crippen molar-refractivity contribution in [2.75, 3.05) is 38.5 Å². The molecule has 2 aliphatic heterocycles. The summed E-state index contributed by atoms with van der Waals surface area (Å²) in [5, 5.41) is 14.7. The molecule has 0 radical (unpaired) electrons. The highest BCUT2D eigenvalue weighted by atomic mass is 16.3. The molecule has 5 rings (SSSR count). The second-order valence-electron chi connectivity index (χ2n) is 11.9. The van der Waals surface area contributed by atoms with Crippen molar-refractivity contribution in [1.29, 1.82) is 0 Å². The molecule has 2 atom stereocenters. The normalized spacial score (nSPS) is 26.9. The molecule has 2 N–H and O–H groups in total. The van der Waals surface area contributed by atoms with E-state index in [9.17, 15) is 9.90 Å². The predicted octanol–water partition coefficient (Wildman–Crippen LogP) is 4.56. The number of anilines is 1. The van der Waals surface area contributed by atoms with Crippen molar-refractivity contribution in [2.45, 2.75) is 102 Å². The molecular formula is C29H46N6O2. The van der Waals surface area contributed by atoms with Gasteiger partial charge in [0, 0.05) is 49.5 Å². The van der Waals surface area contributed by atoms with Crippen molar-refractivity contribution in [1.82, 2.24) is 24.3 Å². The van der Waals surface area contributed by atoms with E-state index in [0.29, 0.717) is 29.9 Å². The molecule has 4 heterocycles. The number of amides is 1. The third kappa shape index (κ3) is 5.95. The fourth-order valence-electron chi connectivity index (χ4n) is 6.83. The molecule has 8 heteroatoms. The molecule has 2 saturated heterocycles. The van der Waals surface area contributed by atoms with Gasteiger partial charge in [-0.3, -0.25) is 4.79 Å². The van der Waals surface area contributed by atoms with E-state index in [0.717, 1.165) is 101 Å². The van der Waals surface area contributed by atoms with Gasteiger partial charge >= 0.3 is 0 Å². The summed E-state index contributed by atoms with van der Waals surface area (Å²) in [6.07, 6.45) is 14.2. The Morgan fingerprint density at radius 2 is 1.89 bits per heavy atom. The van der Waals surface area contributed by atoms with Gasteiger partial charge in [0.1, 0.15) is 5.65 Å². The zero-order valence-electron chi connectivity index (χ0n) is 23.0. The van der Waals surface area contributed by atoms with Crippen LogP contribution in [0.5, 0.6) is 0 Å². The first-order valence-corrected chi connectivity index (χ1v) is 14.7. The molecule has 1 saturated carbocycles. The topological polar surface area (TPSA) is 86.5 Å². The van der Waals surface area contributed by atoms with E-state index < -0.39 is 0 Å². The lowest BCUT2D eigenvalue weighted by atomic mass is 9.88. The standard InChI is InChI=1S/C29H46N6O2/c1-4-6-20(2)31-29-30-17-25-26(19-35(27(25)32-29)23-8-10-24(36)11-9-23)21-12-15-34(16-13-21)28(37)22-7-5-14-33(3)18-22/h17,19-24,36H,4-16,18H2,1-3H3,(H,30,31,32)/t20-,22+,23-,24-/m0/s1. The molecule has 204 valence electrons. The summed E-state index contributed by atoms with van der Waals surface area (Å²) in [6, 6.07) is 0.696. The minimum absolute atomic E-state index is 0.160. The van der Waals surface area contributed by atoms with Crippen LogP contribution >= 0.6 is 0 Å². The number of piperidine rings is 2. The first-order valence-electron chi connectivity index (χ1n) is 14.7. The van der Waals surface area contributed by atoms with Crippen LogP contribution in [0.25, 0.3) is 11.0 Å². The third-order valence-corrected chi connectivity index (χ3v) is 8.98. The SMILES string of the molecule is CCC[C@H](C)Nc1ncc2c(C3CCN(C(=O)[C@@H]4CCCN(C)C4)CC3)cn([C@H]3CC[C@H](O)CC3)c2n1. The van der Waals surface area contributed by atoms with Gasteiger partial charge in [-0.2, -0.15) is 4.98 Å². The van der Waals surface area contributed by atoms with Crippen LogP contribution in [-0.2, 0) is 4.79 Å². The Bertz CT molecular complexity index is 1050. The van der Waals surface area contributed by atoms with Crippen molar-refractivity contribution < 1.29 is 9.90 Å². The van der Waals surface area contributed by atoms with Crippen molar-refractivity contribution in [2.24, 2.45) is 5.92 Å². The molecule has 0 aromatic carbocycles. The van der Waals surface area contributed by atoms with Crippen LogP contribution in [0, 0.1) is 5.92 Å². The first-order chi connectivity index (χ1) is 17.9. The number of nitrogens with one attached hydrogen (secondary N) is 1. The van der Waals surface area contributed by atoms with Crippen molar-refractivity contribution in [3.63, 3.8) is 0 Å². The van der Waals surface area contributed by atoms with Gasteiger partial charge in [-0.15, -0.1) is 0 Å². The van der Waals surface area contributed by atoms with Crippen LogP contribution in [0.1, 0.15) is 95.6 Å². The number of aliphatic hydroxyl groups is 1. The third-order valence-electron chi connectivity index (χ3n) is 8.98. The molecule has 3 fully saturated rings. The van der Waals surface area contributed by atoms with E-state index in [2.05, 4.69) is 46.8 Å². The van der Waals surface area contributed by atoms with Crippen LogP contribution in [0.4, 0.5) is 5.95 Å². The van der Waals surface area contributed by atoms with E-state index in [4.69, 9.17) is 9.97 Å². The van der Waals surface area contributed by atoms with Crippen molar-refractivity contribution in [3.05, 3.63) is 18.0 Å². The molecule has 8 nitrogen and oxygen atoms in total. The van der Waals surface area contributed by atoms with Crippen LogP contribution < -0.4 is 5.32 Å². The molecule has 0 unspecified atom stereocenters. The van der Waals surface area contributed by atoms with Gasteiger partial charge in [-0.05, 0) is 89.8 Å². The van der Waals surface area contributed by atoms with Crippen LogP contribution in [-0.4, -0.2) is 80.7 Å². The van der Waals surface area contributed by atoms with Gasteiger partial charge < -0.3 is 24.8 Å². The lowest BCUT2D eigenvalue weighted by Gasteiger charge is -2.37. The lowest BCUT2D eigenvalue weighted by Crippen LogP contribution is -2.46. The first kappa shape index (κ1) is 26.4. The van der Waals surface area contributed by atoms with E-state index >= 15 is 0 Å². The number of carbonyl (C=O) groups excluding carboxylic acids is 1. The predicted molar refractivity (Wildman–Crippen MR) is 148 cm³/mol. The molecule has 3 aliphatic rings. The lowest BCUT2D eigenvalue weighted by molar-refractivity contribution is -0.138. The van der Waals surface area contributed by atoms with Crippen molar-refractivity contribution >= 4 is 22.9 Å². The molecule has 0 bridgehead atoms. The Balaban J connectivity index is 1.35. The summed E-state index contributed by atoms with van der Waals surface area (Å²) < 4.78 is 2.38. The number of aliphatic hydroxyl groups excluding tert-OH is 1. The molecule has 1 aliphatic carbocycles. The van der Waals surface area contributed by atoms with Gasteiger partial charge in [-0.1, -0.05) is 13.3 Å². The Labute approximate surface area is 221 Å². The Morgan fingerprint density at radius 1 is 1.14 bits per heavy atom. The summed E-state index contributed by atoms with van der Waals surface area (Å²) in [4.78, 5) is 27.4. The number of carbonyl (C=O) groups is 1. The molecule has 2 aromatic heterocycles. The van der Waals surface area contributed by atoms with Crippen molar-refractivity contribution in [3.8, 4) is 0 Å². The summed E-state index contributed by atoms with van der Waals surface area (Å²) in [7, 11) is 2.13. The van der Waals surface area contributed by atoms with Gasteiger partial charge in [0.2, 0.25) is 11.9 Å². The van der Waals surface area contributed by atoms with Gasteiger partial charge in [0.15, 0.2) is 0 Å². The second kappa shape index (κ2) is 11.7. The molecule has 1 amide bonds. The van der Waals surface area contributed by atoms with Gasteiger partial charge in [0.05, 0.1) is 12.0 Å². The average Bonchev–Trinajstić information content (AvgIpc) is 3.28. The Kier molecular flexibility index (Phi) is 8.34. The zero-order chi connectivity index (χ0) is 25.9. The second-order valence-corrected chi connectivity index (χ2v) is 11.9. The number of likely N-dealkylation sites (tertiary alicyclic amines) is 2. The summed E-state index contributed by atoms with van der Waals surface area (Å²) in [6.45, 7) is 8.05. The minimum Gasteiger partial charge on any atom is -0.393 e. The van der Waals surface area contributed by atoms with E-state index in [1.807, 2.05) is 6.20 Å². The number of nitrogens with zero attached hydrogens (tertiary/aromatic N) is 5. The largest absolute Gasteiger partial charge is 0.393 e. The van der Waals surface area contributed by atoms with E-state index in [1.54, 1.807) is 0 Å². The van der Waals surface area contributed by atoms with Gasteiger partial charge in [-0.25, -0.2) is 4.98 Å². The van der Waals surface area contributed by atoms with Crippen LogP contribution in [0.15, 0.2) is 12.4 Å². The van der Waals surface area contributed by atoms with E-state index in [1.165, 1.54) is 5.56 Å². The van der Waals surface area contributed by atoms with Gasteiger partial charge in [0.25, 0.3) is 0 Å². The van der Waals surface area contributed by atoms with Crippen LogP contribution in [0.3, 0.4) is 0 Å². The fourth-order valence-corrected chi connectivity index (χ4v) is 6.83. The molecule has 0 spiro atoms. The number of aromatic nitrogens is 3. The fraction of sp³-hybridized carbons (Fsp3) is 0.759. The molecule has 37 heavy (non-hydrogen) atoms. The van der Waals surface area contributed by atoms with Crippen LogP contribution in [0.2, 0.25) is 0 Å². The quantitative estimate of drug-likeness (QED) is 0.568. The number of rotatable bonds is 7. The molecular weight excluding hydrogens is 464 g/mol. The average molecular weight is 511 g/mol. The number of hydrogen-bond donors (Lipinski definition) is 2.